The molecule has 0 bridgehead atoms. The van der Waals surface area contributed by atoms with Gasteiger partial charge in [-0.2, -0.15) is 0 Å². The summed E-state index contributed by atoms with van der Waals surface area (Å²) < 4.78 is -0.486. The second kappa shape index (κ2) is 7.47. The molecule has 0 spiro atoms. The van der Waals surface area contributed by atoms with E-state index >= 15 is 0 Å². The molecule has 148 valence electrons. The molecule has 29 heavy (non-hydrogen) atoms. The molecular formula is C25H26N2O2. The van der Waals surface area contributed by atoms with Crippen molar-refractivity contribution in [3.63, 3.8) is 0 Å². The summed E-state index contributed by atoms with van der Waals surface area (Å²) in [5, 5.41) is 12.7. The van der Waals surface area contributed by atoms with Crippen LogP contribution < -0.4 is 9.55 Å². The van der Waals surface area contributed by atoms with Gasteiger partial charge in [0.1, 0.15) is 5.69 Å². The molecule has 4 heteroatoms. The van der Waals surface area contributed by atoms with Gasteiger partial charge in [-0.05, 0) is 53.3 Å². The third kappa shape index (κ3) is 3.82. The maximum Gasteiger partial charge on any atom is 0.224 e. The number of carbonyl (C=O) groups is 1. The van der Waals surface area contributed by atoms with Crippen LogP contribution in [0.15, 0.2) is 66.7 Å². The first kappa shape index (κ1) is 19.4. The minimum absolute atomic E-state index is 0.0356. The number of amides is 1. The summed E-state index contributed by atoms with van der Waals surface area (Å²) in [4.78, 5) is 14.3. The number of anilines is 1. The molecular weight excluding hydrogens is 360 g/mol. The number of para-hydroxylation sites is 2. The zero-order valence-corrected chi connectivity index (χ0v) is 17.2. The van der Waals surface area contributed by atoms with Gasteiger partial charge in [-0.25, -0.2) is 0 Å². The quantitative estimate of drug-likeness (QED) is 0.456. The number of nitrogens with zero attached hydrogens (tertiary/aromatic N) is 2. The summed E-state index contributed by atoms with van der Waals surface area (Å²) in [6.45, 7) is 2.15. The highest BCUT2D eigenvalue weighted by Crippen LogP contribution is 2.35. The summed E-state index contributed by atoms with van der Waals surface area (Å²) >= 11 is 0. The average Bonchev–Trinajstić information content (AvgIpc) is 2.68. The molecule has 0 atom stereocenters. The highest BCUT2D eigenvalue weighted by atomic mass is 16.5. The van der Waals surface area contributed by atoms with Gasteiger partial charge in [0.2, 0.25) is 5.91 Å². The number of benzene rings is 3. The molecule has 1 aliphatic rings. The smallest absolute Gasteiger partial charge is 0.224 e. The number of fused-ring (bicyclic) bond motifs is 2. The van der Waals surface area contributed by atoms with Crippen molar-refractivity contribution in [3.05, 3.63) is 88.6 Å². The van der Waals surface area contributed by atoms with E-state index in [2.05, 4.69) is 24.3 Å². The number of quaternary nitrogens is 1. The third-order valence-corrected chi connectivity index (χ3v) is 5.66. The maximum absolute atomic E-state index is 12.7. The second-order valence-corrected chi connectivity index (χ2v) is 8.09. The average molecular weight is 386 g/mol. The van der Waals surface area contributed by atoms with Crippen LogP contribution in [0, 0.1) is 5.21 Å². The Labute approximate surface area is 172 Å². The van der Waals surface area contributed by atoms with Crippen molar-refractivity contribution in [1.82, 2.24) is 4.65 Å². The predicted molar refractivity (Wildman–Crippen MR) is 120 cm³/mol. The first-order valence-corrected chi connectivity index (χ1v) is 9.97. The van der Waals surface area contributed by atoms with Gasteiger partial charge in [0.25, 0.3) is 0 Å². The predicted octanol–water partition coefficient (Wildman–Crippen LogP) is 5.07. The van der Waals surface area contributed by atoms with Gasteiger partial charge in [0.05, 0.1) is 20.6 Å². The molecule has 4 nitrogen and oxygen atoms in total. The van der Waals surface area contributed by atoms with Crippen LogP contribution in [0.3, 0.4) is 0 Å². The first-order chi connectivity index (χ1) is 13.8. The Hall–Kier alpha value is -2.95. The lowest BCUT2D eigenvalue weighted by atomic mass is 9.92. The first-order valence-electron chi connectivity index (χ1n) is 9.97. The SMILES string of the molecule is CC(=O)N1Cc2cc(-c3ccccc3[N+](C)(C)[O-])ccc2CCc2ccccc21. The Morgan fingerprint density at radius 1 is 0.897 bits per heavy atom. The Bertz CT molecular complexity index is 1070. The van der Waals surface area contributed by atoms with Crippen LogP contribution in [0.5, 0.6) is 0 Å². The number of hydroxylamine groups is 2. The van der Waals surface area contributed by atoms with Crippen LogP contribution in [0.1, 0.15) is 23.6 Å². The lowest BCUT2D eigenvalue weighted by Gasteiger charge is -2.35. The van der Waals surface area contributed by atoms with Gasteiger partial charge in [-0.3, -0.25) is 4.79 Å². The van der Waals surface area contributed by atoms with Crippen molar-refractivity contribution in [2.75, 3.05) is 19.0 Å². The fourth-order valence-corrected chi connectivity index (χ4v) is 4.16. The zero-order chi connectivity index (χ0) is 20.6. The maximum atomic E-state index is 12.7. The topological polar surface area (TPSA) is 43.4 Å². The van der Waals surface area contributed by atoms with E-state index in [4.69, 9.17) is 0 Å². The van der Waals surface area contributed by atoms with Crippen molar-refractivity contribution in [2.24, 2.45) is 0 Å². The van der Waals surface area contributed by atoms with Crippen molar-refractivity contribution in [3.8, 4) is 11.1 Å². The molecule has 0 radical (unpaired) electrons. The Balaban J connectivity index is 1.80. The minimum atomic E-state index is -0.486. The Kier molecular flexibility index (Phi) is 4.99. The molecule has 0 saturated carbocycles. The van der Waals surface area contributed by atoms with Crippen LogP contribution in [-0.2, 0) is 24.2 Å². The van der Waals surface area contributed by atoms with Gasteiger partial charge in [-0.15, -0.1) is 0 Å². The van der Waals surface area contributed by atoms with Gasteiger partial charge >= 0.3 is 0 Å². The van der Waals surface area contributed by atoms with Crippen molar-refractivity contribution >= 4 is 17.3 Å². The zero-order valence-electron chi connectivity index (χ0n) is 17.2. The number of hydrogen-bond acceptors (Lipinski definition) is 2. The van der Waals surface area contributed by atoms with Crippen molar-refractivity contribution in [2.45, 2.75) is 26.3 Å². The van der Waals surface area contributed by atoms with Crippen LogP contribution in [0.25, 0.3) is 11.1 Å². The Morgan fingerprint density at radius 2 is 1.59 bits per heavy atom. The molecule has 3 aromatic rings. The molecule has 0 aliphatic carbocycles. The van der Waals surface area contributed by atoms with E-state index in [0.717, 1.165) is 40.9 Å². The highest BCUT2D eigenvalue weighted by molar-refractivity contribution is 5.92. The number of aryl methyl sites for hydroxylation is 2. The molecule has 1 aliphatic heterocycles. The van der Waals surface area contributed by atoms with Crippen molar-refractivity contribution < 1.29 is 4.79 Å². The van der Waals surface area contributed by atoms with E-state index in [1.807, 2.05) is 47.4 Å². The van der Waals surface area contributed by atoms with Crippen LogP contribution >= 0.6 is 0 Å². The second-order valence-electron chi connectivity index (χ2n) is 8.09. The summed E-state index contributed by atoms with van der Waals surface area (Å²) in [6, 6.07) is 22.3. The van der Waals surface area contributed by atoms with E-state index in [-0.39, 0.29) is 5.91 Å². The van der Waals surface area contributed by atoms with Crippen LogP contribution in [0.4, 0.5) is 11.4 Å². The Morgan fingerprint density at radius 3 is 2.34 bits per heavy atom. The largest absolute Gasteiger partial charge is 0.628 e. The van der Waals surface area contributed by atoms with E-state index in [1.165, 1.54) is 11.1 Å². The normalized spacial score (nSPS) is 13.9. The molecule has 4 rings (SSSR count). The molecule has 0 unspecified atom stereocenters. The van der Waals surface area contributed by atoms with Crippen LogP contribution in [0.2, 0.25) is 0 Å². The molecule has 3 aromatic carbocycles. The molecule has 0 saturated heterocycles. The standard InChI is InChI=1S/C25H26N2O2/c1-18(28)26-17-22-16-21(23-9-5-7-11-25(23)27(2,3)29)15-13-19(22)12-14-20-8-4-6-10-24(20)26/h4-11,13,15-16H,12,14,17H2,1-3H3. The fourth-order valence-electron chi connectivity index (χ4n) is 4.16. The van der Waals surface area contributed by atoms with E-state index in [0.29, 0.717) is 6.54 Å². The lowest BCUT2D eigenvalue weighted by molar-refractivity contribution is -0.116. The fraction of sp³-hybridized carbons (Fsp3) is 0.240. The monoisotopic (exact) mass is 386 g/mol. The van der Waals surface area contributed by atoms with Gasteiger partial charge < -0.3 is 14.8 Å². The number of hydrogen-bond donors (Lipinski definition) is 0. The number of carbonyl (C=O) groups excluding carboxylic acids is 1. The molecule has 0 fully saturated rings. The minimum Gasteiger partial charge on any atom is -0.628 e. The summed E-state index contributed by atoms with van der Waals surface area (Å²) in [5.41, 5.74) is 7.26. The summed E-state index contributed by atoms with van der Waals surface area (Å²) in [7, 11) is 3.28. The lowest BCUT2D eigenvalue weighted by Crippen LogP contribution is -2.33. The van der Waals surface area contributed by atoms with Crippen LogP contribution in [-0.4, -0.2) is 20.0 Å². The summed E-state index contributed by atoms with van der Waals surface area (Å²) in [5.74, 6) is 0.0356. The van der Waals surface area contributed by atoms with Crippen molar-refractivity contribution in [1.29, 1.82) is 0 Å². The molecule has 0 N–H and O–H groups in total. The van der Waals surface area contributed by atoms with Gasteiger partial charge in [0.15, 0.2) is 0 Å². The van der Waals surface area contributed by atoms with Gasteiger partial charge in [0, 0.05) is 24.2 Å². The van der Waals surface area contributed by atoms with E-state index in [9.17, 15) is 10.0 Å². The molecule has 1 heterocycles. The van der Waals surface area contributed by atoms with Gasteiger partial charge in [-0.1, -0.05) is 42.5 Å². The third-order valence-electron chi connectivity index (χ3n) is 5.66. The van der Waals surface area contributed by atoms with E-state index < -0.39 is 4.65 Å². The molecule has 1 amide bonds. The molecule has 0 aromatic heterocycles. The highest BCUT2D eigenvalue weighted by Gasteiger charge is 2.22. The van der Waals surface area contributed by atoms with E-state index in [1.54, 1.807) is 21.0 Å². The number of rotatable bonds is 2. The summed E-state index contributed by atoms with van der Waals surface area (Å²) in [6.07, 6.45) is 1.83.